The van der Waals surface area contributed by atoms with E-state index in [-0.39, 0.29) is 5.56 Å². The van der Waals surface area contributed by atoms with Gasteiger partial charge in [0.1, 0.15) is 6.04 Å². The third-order valence-corrected chi connectivity index (χ3v) is 3.14. The second-order valence-electron chi connectivity index (χ2n) is 5.01. The first-order valence-corrected chi connectivity index (χ1v) is 6.64. The van der Waals surface area contributed by atoms with Crippen LogP contribution in [0.25, 0.3) is 10.9 Å². The van der Waals surface area contributed by atoms with Gasteiger partial charge in [0, 0.05) is 11.1 Å². The van der Waals surface area contributed by atoms with Crippen molar-refractivity contribution >= 4 is 22.8 Å². The lowest BCUT2D eigenvalue weighted by Crippen LogP contribution is -2.43. The molecule has 0 spiro atoms. The number of pyridine rings is 1. The van der Waals surface area contributed by atoms with Gasteiger partial charge in [-0.2, -0.15) is 13.2 Å². The Labute approximate surface area is 129 Å². The molecule has 2 aromatic rings. The molecular weight excluding hydrogens is 313 g/mol. The van der Waals surface area contributed by atoms with Crippen molar-refractivity contribution < 1.29 is 27.9 Å². The summed E-state index contributed by atoms with van der Waals surface area (Å²) in [7, 11) is 0. The van der Waals surface area contributed by atoms with E-state index in [1.54, 1.807) is 31.2 Å². The quantitative estimate of drug-likeness (QED) is 0.905. The maximum atomic E-state index is 12.4. The van der Waals surface area contributed by atoms with Crippen molar-refractivity contribution in [2.24, 2.45) is 0 Å². The third-order valence-electron chi connectivity index (χ3n) is 3.14. The molecule has 0 saturated carbocycles. The number of aryl methyl sites for hydroxylation is 1. The van der Waals surface area contributed by atoms with E-state index in [0.29, 0.717) is 16.6 Å². The fourth-order valence-electron chi connectivity index (χ4n) is 2.10. The number of para-hydroxylation sites is 1. The Kier molecular flexibility index (Phi) is 4.53. The standard InChI is InChI=1S/C15H13F3N2O3/c1-8-5-6-9-3-2-4-10(12(9)19-8)13(21)20-11(14(22)23)7-15(16,17)18/h2-6,11H,7H2,1H3,(H,20,21)(H,22,23). The number of fused-ring (bicyclic) bond motifs is 1. The highest BCUT2D eigenvalue weighted by atomic mass is 19.4. The first-order chi connectivity index (χ1) is 10.7. The molecule has 122 valence electrons. The van der Waals surface area contributed by atoms with Gasteiger partial charge < -0.3 is 10.4 Å². The number of benzene rings is 1. The van der Waals surface area contributed by atoms with Crippen LogP contribution in [0, 0.1) is 6.92 Å². The summed E-state index contributed by atoms with van der Waals surface area (Å²) in [6, 6.07) is 6.03. The molecule has 5 nitrogen and oxygen atoms in total. The molecule has 0 aliphatic rings. The summed E-state index contributed by atoms with van der Waals surface area (Å²) in [6.45, 7) is 1.71. The maximum Gasteiger partial charge on any atom is 0.391 e. The summed E-state index contributed by atoms with van der Waals surface area (Å²) < 4.78 is 37.2. The molecule has 23 heavy (non-hydrogen) atoms. The monoisotopic (exact) mass is 326 g/mol. The smallest absolute Gasteiger partial charge is 0.391 e. The molecule has 0 aliphatic heterocycles. The van der Waals surface area contributed by atoms with Crippen molar-refractivity contribution in [3.8, 4) is 0 Å². The van der Waals surface area contributed by atoms with Gasteiger partial charge in [-0.15, -0.1) is 0 Å². The van der Waals surface area contributed by atoms with Crippen LogP contribution >= 0.6 is 0 Å². The van der Waals surface area contributed by atoms with E-state index < -0.39 is 30.5 Å². The number of amides is 1. The molecule has 0 bridgehead atoms. The zero-order valence-electron chi connectivity index (χ0n) is 12.0. The van der Waals surface area contributed by atoms with Gasteiger partial charge in [0.2, 0.25) is 0 Å². The molecule has 2 rings (SSSR count). The summed E-state index contributed by atoms with van der Waals surface area (Å²) in [6.07, 6.45) is -6.35. The van der Waals surface area contributed by atoms with Crippen LogP contribution in [0.15, 0.2) is 30.3 Å². The third kappa shape index (κ3) is 4.18. The second kappa shape index (κ2) is 6.23. The van der Waals surface area contributed by atoms with Crippen LogP contribution in [0.5, 0.6) is 0 Å². The van der Waals surface area contributed by atoms with Gasteiger partial charge in [-0.05, 0) is 19.1 Å². The number of aliphatic carboxylic acids is 1. The molecule has 0 saturated heterocycles. The first-order valence-electron chi connectivity index (χ1n) is 6.64. The number of carboxylic acids is 1. The number of nitrogens with one attached hydrogen (secondary N) is 1. The Hall–Kier alpha value is -2.64. The Morgan fingerprint density at radius 3 is 2.57 bits per heavy atom. The van der Waals surface area contributed by atoms with Crippen LogP contribution < -0.4 is 5.32 Å². The van der Waals surface area contributed by atoms with Crippen LogP contribution in [0.3, 0.4) is 0 Å². The van der Waals surface area contributed by atoms with Gasteiger partial charge in [0.05, 0.1) is 17.5 Å². The minimum absolute atomic E-state index is 0.0274. The van der Waals surface area contributed by atoms with Crippen LogP contribution in [0.2, 0.25) is 0 Å². The molecule has 1 unspecified atom stereocenters. The number of nitrogens with zero attached hydrogens (tertiary/aromatic N) is 1. The number of rotatable bonds is 4. The molecule has 1 aromatic carbocycles. The summed E-state index contributed by atoms with van der Waals surface area (Å²) >= 11 is 0. The molecule has 2 N–H and O–H groups in total. The number of hydrogen-bond donors (Lipinski definition) is 2. The molecule has 0 aliphatic carbocycles. The molecule has 1 amide bonds. The van der Waals surface area contributed by atoms with E-state index in [0.717, 1.165) is 0 Å². The molecule has 0 fully saturated rings. The van der Waals surface area contributed by atoms with E-state index in [1.807, 2.05) is 5.32 Å². The number of halogens is 3. The fraction of sp³-hybridized carbons (Fsp3) is 0.267. The zero-order chi connectivity index (χ0) is 17.2. The number of carbonyl (C=O) groups is 2. The molecule has 1 heterocycles. The minimum atomic E-state index is -4.70. The van der Waals surface area contributed by atoms with Crippen LogP contribution in [0.1, 0.15) is 22.5 Å². The number of hydrogen-bond acceptors (Lipinski definition) is 3. The minimum Gasteiger partial charge on any atom is -0.480 e. The number of alkyl halides is 3. The topological polar surface area (TPSA) is 79.3 Å². The van der Waals surface area contributed by atoms with E-state index >= 15 is 0 Å². The number of carbonyl (C=O) groups excluding carboxylic acids is 1. The largest absolute Gasteiger partial charge is 0.480 e. The van der Waals surface area contributed by atoms with E-state index in [2.05, 4.69) is 4.98 Å². The fourth-order valence-corrected chi connectivity index (χ4v) is 2.10. The Morgan fingerprint density at radius 2 is 1.96 bits per heavy atom. The molecular formula is C15H13F3N2O3. The van der Waals surface area contributed by atoms with Crippen molar-refractivity contribution in [1.82, 2.24) is 10.3 Å². The van der Waals surface area contributed by atoms with Gasteiger partial charge >= 0.3 is 12.1 Å². The predicted octanol–water partition coefficient (Wildman–Crippen LogP) is 2.68. The average molecular weight is 326 g/mol. The van der Waals surface area contributed by atoms with Gasteiger partial charge in [0.15, 0.2) is 0 Å². The van der Waals surface area contributed by atoms with Crippen molar-refractivity contribution in [2.45, 2.75) is 25.6 Å². The maximum absolute atomic E-state index is 12.4. The zero-order valence-corrected chi connectivity index (χ0v) is 12.0. The van der Waals surface area contributed by atoms with E-state index in [9.17, 15) is 22.8 Å². The Balaban J connectivity index is 2.33. The predicted molar refractivity (Wildman–Crippen MR) is 76.0 cm³/mol. The summed E-state index contributed by atoms with van der Waals surface area (Å²) in [5.41, 5.74) is 0.962. The highest BCUT2D eigenvalue weighted by molar-refractivity contribution is 6.06. The highest BCUT2D eigenvalue weighted by Crippen LogP contribution is 2.22. The second-order valence-corrected chi connectivity index (χ2v) is 5.01. The highest BCUT2D eigenvalue weighted by Gasteiger charge is 2.36. The van der Waals surface area contributed by atoms with Crippen molar-refractivity contribution in [2.75, 3.05) is 0 Å². The van der Waals surface area contributed by atoms with Gasteiger partial charge in [-0.3, -0.25) is 9.78 Å². The lowest BCUT2D eigenvalue weighted by molar-refractivity contribution is -0.157. The normalized spacial score (nSPS) is 12.9. The van der Waals surface area contributed by atoms with Gasteiger partial charge in [-0.1, -0.05) is 18.2 Å². The summed E-state index contributed by atoms with van der Waals surface area (Å²) in [4.78, 5) is 27.3. The molecule has 1 atom stereocenters. The van der Waals surface area contributed by atoms with Gasteiger partial charge in [-0.25, -0.2) is 4.79 Å². The summed E-state index contributed by atoms with van der Waals surface area (Å²) in [5, 5.41) is 11.4. The Bertz CT molecular complexity index is 759. The van der Waals surface area contributed by atoms with Crippen LogP contribution in [-0.2, 0) is 4.79 Å². The first kappa shape index (κ1) is 16.7. The Morgan fingerprint density at radius 1 is 1.26 bits per heavy atom. The molecule has 8 heteroatoms. The van der Waals surface area contributed by atoms with Crippen molar-refractivity contribution in [3.63, 3.8) is 0 Å². The summed E-state index contributed by atoms with van der Waals surface area (Å²) in [5.74, 6) is -2.66. The lowest BCUT2D eigenvalue weighted by atomic mass is 10.1. The molecule has 1 aromatic heterocycles. The number of carboxylic acid groups (broad SMARTS) is 1. The van der Waals surface area contributed by atoms with Crippen LogP contribution in [0.4, 0.5) is 13.2 Å². The van der Waals surface area contributed by atoms with Crippen LogP contribution in [-0.4, -0.2) is 34.2 Å². The van der Waals surface area contributed by atoms with Crippen molar-refractivity contribution in [1.29, 1.82) is 0 Å². The van der Waals surface area contributed by atoms with Crippen molar-refractivity contribution in [3.05, 3.63) is 41.6 Å². The SMILES string of the molecule is Cc1ccc2cccc(C(=O)NC(CC(F)(F)F)C(=O)O)c2n1. The van der Waals surface area contributed by atoms with Gasteiger partial charge in [0.25, 0.3) is 5.91 Å². The van der Waals surface area contributed by atoms with E-state index in [4.69, 9.17) is 5.11 Å². The van der Waals surface area contributed by atoms with E-state index in [1.165, 1.54) is 6.07 Å². The lowest BCUT2D eigenvalue weighted by Gasteiger charge is -2.16. The number of aromatic nitrogens is 1. The molecule has 0 radical (unpaired) electrons. The average Bonchev–Trinajstić information content (AvgIpc) is 2.44.